The SMILES string of the molecule is O=C(Nc1ccc(CN2CCOCC2)cc1)c1ccc([C@@H]2C[C@H]2C(=O)Nc2ccc3ccccc3c2)cc1. The maximum atomic E-state index is 12.8. The molecule has 2 N–H and O–H groups in total. The van der Waals surface area contributed by atoms with E-state index in [1.54, 1.807) is 0 Å². The van der Waals surface area contributed by atoms with E-state index < -0.39 is 0 Å². The van der Waals surface area contributed by atoms with E-state index in [-0.39, 0.29) is 23.7 Å². The largest absolute Gasteiger partial charge is 0.379 e. The first-order chi connectivity index (χ1) is 18.6. The Hall–Kier alpha value is -4.00. The van der Waals surface area contributed by atoms with Gasteiger partial charge in [0, 0.05) is 42.5 Å². The van der Waals surface area contributed by atoms with Gasteiger partial charge < -0.3 is 15.4 Å². The molecule has 6 heteroatoms. The van der Waals surface area contributed by atoms with Gasteiger partial charge in [-0.15, -0.1) is 0 Å². The predicted molar refractivity (Wildman–Crippen MR) is 150 cm³/mol. The summed E-state index contributed by atoms with van der Waals surface area (Å²) in [5.74, 6) is 0.0479. The second kappa shape index (κ2) is 10.8. The van der Waals surface area contributed by atoms with Crippen molar-refractivity contribution in [2.24, 2.45) is 5.92 Å². The summed E-state index contributed by atoms with van der Waals surface area (Å²) in [6.07, 6.45) is 0.821. The summed E-state index contributed by atoms with van der Waals surface area (Å²) >= 11 is 0. The number of fused-ring (bicyclic) bond motifs is 1. The molecular formula is C32H31N3O3. The van der Waals surface area contributed by atoms with Crippen LogP contribution in [-0.4, -0.2) is 43.0 Å². The van der Waals surface area contributed by atoms with Gasteiger partial charge in [0.05, 0.1) is 13.2 Å². The fraction of sp³-hybridized carbons (Fsp3) is 0.250. The van der Waals surface area contributed by atoms with Crippen molar-refractivity contribution >= 4 is 34.0 Å². The number of carbonyl (C=O) groups is 2. The zero-order valence-corrected chi connectivity index (χ0v) is 21.2. The van der Waals surface area contributed by atoms with Crippen LogP contribution in [0.5, 0.6) is 0 Å². The number of anilines is 2. The Labute approximate surface area is 222 Å². The van der Waals surface area contributed by atoms with Gasteiger partial charge in [0.25, 0.3) is 5.91 Å². The average Bonchev–Trinajstić information content (AvgIpc) is 3.76. The maximum Gasteiger partial charge on any atom is 0.255 e. The van der Waals surface area contributed by atoms with Gasteiger partial charge in [-0.05, 0) is 70.6 Å². The minimum atomic E-state index is -0.140. The molecule has 1 saturated heterocycles. The van der Waals surface area contributed by atoms with E-state index in [1.165, 1.54) is 5.56 Å². The Morgan fingerprint density at radius 3 is 2.26 bits per heavy atom. The topological polar surface area (TPSA) is 70.7 Å². The molecule has 1 saturated carbocycles. The fourth-order valence-electron chi connectivity index (χ4n) is 5.15. The van der Waals surface area contributed by atoms with E-state index in [2.05, 4.69) is 33.7 Å². The normalized spacial score (nSPS) is 19.2. The molecule has 2 amide bonds. The molecule has 1 aliphatic carbocycles. The van der Waals surface area contributed by atoms with Gasteiger partial charge in [0.15, 0.2) is 0 Å². The molecule has 0 bridgehead atoms. The highest BCUT2D eigenvalue weighted by molar-refractivity contribution is 6.04. The molecule has 6 nitrogen and oxygen atoms in total. The molecular weight excluding hydrogens is 474 g/mol. The zero-order chi connectivity index (χ0) is 25.9. The van der Waals surface area contributed by atoms with Crippen molar-refractivity contribution < 1.29 is 14.3 Å². The third kappa shape index (κ3) is 5.62. The number of hydrogen-bond donors (Lipinski definition) is 2. The third-order valence-corrected chi connectivity index (χ3v) is 7.47. The van der Waals surface area contributed by atoms with Crippen molar-refractivity contribution in [2.45, 2.75) is 18.9 Å². The molecule has 4 aromatic rings. The molecule has 4 aromatic carbocycles. The molecule has 1 heterocycles. The van der Waals surface area contributed by atoms with E-state index >= 15 is 0 Å². The number of amides is 2. The summed E-state index contributed by atoms with van der Waals surface area (Å²) in [6.45, 7) is 4.36. The Kier molecular flexibility index (Phi) is 6.90. The second-order valence-corrected chi connectivity index (χ2v) is 10.2. The van der Waals surface area contributed by atoms with Gasteiger partial charge in [-0.3, -0.25) is 14.5 Å². The monoisotopic (exact) mass is 505 g/mol. The Morgan fingerprint density at radius 2 is 1.50 bits per heavy atom. The second-order valence-electron chi connectivity index (χ2n) is 10.2. The van der Waals surface area contributed by atoms with Crippen molar-refractivity contribution in [2.75, 3.05) is 36.9 Å². The zero-order valence-electron chi connectivity index (χ0n) is 21.2. The maximum absolute atomic E-state index is 12.8. The lowest BCUT2D eigenvalue weighted by Crippen LogP contribution is -2.35. The number of morpholine rings is 1. The summed E-state index contributed by atoms with van der Waals surface area (Å²) in [6, 6.07) is 29.7. The molecule has 2 fully saturated rings. The molecule has 2 aliphatic rings. The van der Waals surface area contributed by atoms with Crippen molar-refractivity contribution in [3.63, 3.8) is 0 Å². The molecule has 0 unspecified atom stereocenters. The summed E-state index contributed by atoms with van der Waals surface area (Å²) in [5, 5.41) is 8.31. The first-order valence-corrected chi connectivity index (χ1v) is 13.2. The van der Waals surface area contributed by atoms with Crippen LogP contribution in [0.15, 0.2) is 91.0 Å². The lowest BCUT2D eigenvalue weighted by molar-refractivity contribution is -0.117. The van der Waals surface area contributed by atoms with Crippen LogP contribution < -0.4 is 10.6 Å². The Balaban J connectivity index is 1.01. The lowest BCUT2D eigenvalue weighted by atomic mass is 10.1. The van der Waals surface area contributed by atoms with Crippen LogP contribution in [0.2, 0.25) is 0 Å². The van der Waals surface area contributed by atoms with Crippen molar-refractivity contribution in [1.82, 2.24) is 4.90 Å². The quantitative estimate of drug-likeness (QED) is 0.340. The van der Waals surface area contributed by atoms with Gasteiger partial charge >= 0.3 is 0 Å². The lowest BCUT2D eigenvalue weighted by Gasteiger charge is -2.26. The molecule has 0 aromatic heterocycles. The Bertz CT molecular complexity index is 1440. The van der Waals surface area contributed by atoms with Gasteiger partial charge in [-0.1, -0.05) is 54.6 Å². The highest BCUT2D eigenvalue weighted by Crippen LogP contribution is 2.48. The average molecular weight is 506 g/mol. The van der Waals surface area contributed by atoms with E-state index in [4.69, 9.17) is 4.74 Å². The van der Waals surface area contributed by atoms with Crippen LogP contribution in [0, 0.1) is 5.92 Å². The van der Waals surface area contributed by atoms with Crippen LogP contribution >= 0.6 is 0 Å². The number of rotatable bonds is 7. The van der Waals surface area contributed by atoms with Gasteiger partial charge in [-0.25, -0.2) is 0 Å². The van der Waals surface area contributed by atoms with Crippen molar-refractivity contribution in [3.05, 3.63) is 108 Å². The van der Waals surface area contributed by atoms with Gasteiger partial charge in [0.2, 0.25) is 5.91 Å². The molecule has 0 spiro atoms. The summed E-state index contributed by atoms with van der Waals surface area (Å²) < 4.78 is 5.41. The number of hydrogen-bond acceptors (Lipinski definition) is 4. The predicted octanol–water partition coefficient (Wildman–Crippen LogP) is 5.67. The number of nitrogens with one attached hydrogen (secondary N) is 2. The van der Waals surface area contributed by atoms with Gasteiger partial charge in [-0.2, -0.15) is 0 Å². The molecule has 1 aliphatic heterocycles. The Morgan fingerprint density at radius 1 is 0.789 bits per heavy atom. The smallest absolute Gasteiger partial charge is 0.255 e. The highest BCUT2D eigenvalue weighted by atomic mass is 16.5. The van der Waals surface area contributed by atoms with Crippen LogP contribution in [0.25, 0.3) is 10.8 Å². The van der Waals surface area contributed by atoms with E-state index in [1.807, 2.05) is 72.8 Å². The van der Waals surface area contributed by atoms with Crippen LogP contribution in [0.1, 0.15) is 33.8 Å². The van der Waals surface area contributed by atoms with Crippen LogP contribution in [0.4, 0.5) is 11.4 Å². The molecule has 192 valence electrons. The summed E-state index contributed by atoms with van der Waals surface area (Å²) in [5.41, 5.74) is 4.51. The first kappa shape index (κ1) is 24.3. The van der Waals surface area contributed by atoms with E-state index in [0.717, 1.165) is 67.0 Å². The van der Waals surface area contributed by atoms with E-state index in [0.29, 0.717) is 5.56 Å². The van der Waals surface area contributed by atoms with E-state index in [9.17, 15) is 9.59 Å². The first-order valence-electron chi connectivity index (χ1n) is 13.2. The minimum Gasteiger partial charge on any atom is -0.379 e. The molecule has 2 atom stereocenters. The number of carbonyl (C=O) groups excluding carboxylic acids is 2. The van der Waals surface area contributed by atoms with Gasteiger partial charge in [0.1, 0.15) is 0 Å². The van der Waals surface area contributed by atoms with Crippen molar-refractivity contribution in [1.29, 1.82) is 0 Å². The number of nitrogens with zero attached hydrogens (tertiary/aromatic N) is 1. The number of benzene rings is 4. The van der Waals surface area contributed by atoms with Crippen molar-refractivity contribution in [3.8, 4) is 0 Å². The summed E-state index contributed by atoms with van der Waals surface area (Å²) in [4.78, 5) is 28.0. The van der Waals surface area contributed by atoms with Crippen LogP contribution in [0.3, 0.4) is 0 Å². The highest BCUT2D eigenvalue weighted by Gasteiger charge is 2.43. The minimum absolute atomic E-state index is 0.0443. The van der Waals surface area contributed by atoms with Crippen LogP contribution in [-0.2, 0) is 16.1 Å². The third-order valence-electron chi connectivity index (χ3n) is 7.47. The summed E-state index contributed by atoms with van der Waals surface area (Å²) in [7, 11) is 0. The number of ether oxygens (including phenoxy) is 1. The molecule has 6 rings (SSSR count). The fourth-order valence-corrected chi connectivity index (χ4v) is 5.15. The standard InChI is InChI=1S/C32H31N3O3/c36-31(33-27-12-5-22(6-13-27)21-35-15-17-38-18-16-35)25-9-7-24(8-10-25)29-20-30(29)32(37)34-28-14-11-23-3-1-2-4-26(23)19-28/h1-14,19,29-30H,15-18,20-21H2,(H,33,36)(H,34,37)/t29-,30+/m0/s1. The molecule has 0 radical (unpaired) electrons. The molecule has 38 heavy (non-hydrogen) atoms.